The molecule has 4 aromatic rings. The fourth-order valence-corrected chi connectivity index (χ4v) is 5.14. The maximum atomic E-state index is 13.2. The summed E-state index contributed by atoms with van der Waals surface area (Å²) in [7, 11) is 4.65. The highest BCUT2D eigenvalue weighted by Crippen LogP contribution is 2.40. The van der Waals surface area contributed by atoms with Crippen molar-refractivity contribution in [3.05, 3.63) is 106 Å². The molecule has 232 valence electrons. The zero-order chi connectivity index (χ0) is 31.7. The second kappa shape index (κ2) is 14.7. The Morgan fingerprint density at radius 2 is 1.34 bits per heavy atom. The Labute approximate surface area is 258 Å². The molecule has 0 saturated heterocycles. The molecular weight excluding hydrogens is 560 g/mol. The average molecular weight is 601 g/mol. The first-order valence-electron chi connectivity index (χ1n) is 14.6. The van der Waals surface area contributed by atoms with Crippen LogP contribution in [0.2, 0.25) is 0 Å². The Hall–Kier alpha value is -4.63. The van der Waals surface area contributed by atoms with Gasteiger partial charge in [0.05, 0.1) is 27.9 Å². The molecule has 0 spiro atoms. The highest BCUT2D eigenvalue weighted by molar-refractivity contribution is 5.76. The van der Waals surface area contributed by atoms with E-state index in [1.165, 1.54) is 7.11 Å². The van der Waals surface area contributed by atoms with Gasteiger partial charge in [0, 0.05) is 11.8 Å². The molecule has 4 rings (SSSR count). The van der Waals surface area contributed by atoms with Crippen LogP contribution in [0.4, 0.5) is 0 Å². The summed E-state index contributed by atoms with van der Waals surface area (Å²) >= 11 is 0. The average Bonchev–Trinajstić information content (AvgIpc) is 3.05. The van der Waals surface area contributed by atoms with E-state index in [1.54, 1.807) is 27.2 Å². The minimum absolute atomic E-state index is 0.127. The molecule has 3 aromatic carbocycles. The number of benzene rings is 3. The summed E-state index contributed by atoms with van der Waals surface area (Å²) in [6.45, 7) is 6.05. The van der Waals surface area contributed by atoms with Crippen LogP contribution in [0, 0.1) is 6.92 Å². The minimum Gasteiger partial charge on any atom is -0.493 e. The zero-order valence-electron chi connectivity index (χ0n) is 26.1. The van der Waals surface area contributed by atoms with Crippen LogP contribution in [0.15, 0.2) is 72.8 Å². The van der Waals surface area contributed by atoms with Crippen LogP contribution in [0.5, 0.6) is 23.4 Å². The Kier molecular flexibility index (Phi) is 10.8. The normalized spacial score (nSPS) is 12.0. The first-order chi connectivity index (χ1) is 21.3. The molecule has 0 saturated carbocycles. The second-order valence-corrected chi connectivity index (χ2v) is 10.3. The van der Waals surface area contributed by atoms with Crippen molar-refractivity contribution in [2.45, 2.75) is 51.7 Å². The maximum Gasteiger partial charge on any atom is 0.348 e. The molecule has 1 heterocycles. The summed E-state index contributed by atoms with van der Waals surface area (Å²) in [4.78, 5) is 21.9. The number of rotatable bonds is 15. The molecule has 0 aliphatic rings. The molecule has 0 aliphatic carbocycles. The van der Waals surface area contributed by atoms with Crippen molar-refractivity contribution in [2.24, 2.45) is 0 Å². The van der Waals surface area contributed by atoms with E-state index in [0.29, 0.717) is 34.7 Å². The van der Waals surface area contributed by atoms with Crippen LogP contribution < -0.4 is 18.9 Å². The van der Waals surface area contributed by atoms with E-state index in [-0.39, 0.29) is 18.5 Å². The van der Waals surface area contributed by atoms with Crippen molar-refractivity contribution in [3.63, 3.8) is 0 Å². The lowest BCUT2D eigenvalue weighted by atomic mass is 9.80. The number of carboxylic acid groups (broad SMARTS) is 1. The Morgan fingerprint density at radius 3 is 1.84 bits per heavy atom. The number of ether oxygens (including phenoxy) is 5. The smallest absolute Gasteiger partial charge is 0.348 e. The molecule has 1 aromatic heterocycles. The number of methoxy groups -OCH3 is 3. The SMILES string of the molecule is CCc1ccc(C(OCCc2ccc(OC)c(OC)c2)(c2ccc(CC)cc2)C(Oc2nc(C)cc(OC)n2)C(=O)O)cc1. The number of nitrogens with zero attached hydrogens (tertiary/aromatic N) is 2. The van der Waals surface area contributed by atoms with Crippen LogP contribution in [-0.2, 0) is 34.4 Å². The van der Waals surface area contributed by atoms with Crippen molar-refractivity contribution >= 4 is 5.97 Å². The molecule has 0 radical (unpaired) electrons. The van der Waals surface area contributed by atoms with E-state index in [4.69, 9.17) is 23.7 Å². The van der Waals surface area contributed by atoms with E-state index >= 15 is 0 Å². The van der Waals surface area contributed by atoms with E-state index in [2.05, 4.69) is 23.8 Å². The molecule has 1 N–H and O–H groups in total. The van der Waals surface area contributed by atoms with E-state index in [0.717, 1.165) is 29.5 Å². The summed E-state index contributed by atoms with van der Waals surface area (Å²) in [6.07, 6.45) is 0.547. The summed E-state index contributed by atoms with van der Waals surface area (Å²) in [6, 6.07) is 22.7. The van der Waals surface area contributed by atoms with Gasteiger partial charge in [0.1, 0.15) is 0 Å². The number of carboxylic acids is 1. The topological polar surface area (TPSA) is 109 Å². The summed E-state index contributed by atoms with van der Waals surface area (Å²) in [5, 5.41) is 10.8. The monoisotopic (exact) mass is 600 g/mol. The van der Waals surface area contributed by atoms with E-state index in [1.807, 2.05) is 66.7 Å². The van der Waals surface area contributed by atoms with Gasteiger partial charge in [-0.05, 0) is 66.1 Å². The maximum absolute atomic E-state index is 13.2. The fourth-order valence-electron chi connectivity index (χ4n) is 5.14. The minimum atomic E-state index is -1.58. The van der Waals surface area contributed by atoms with Gasteiger partial charge in [-0.25, -0.2) is 9.78 Å². The largest absolute Gasteiger partial charge is 0.493 e. The van der Waals surface area contributed by atoms with E-state index in [9.17, 15) is 9.90 Å². The Balaban J connectivity index is 1.87. The molecular formula is C35H40N2O7. The van der Waals surface area contributed by atoms with Crippen molar-refractivity contribution in [3.8, 4) is 23.4 Å². The molecule has 1 atom stereocenters. The van der Waals surface area contributed by atoms with Crippen molar-refractivity contribution in [1.82, 2.24) is 9.97 Å². The molecule has 0 fully saturated rings. The molecule has 0 amide bonds. The molecule has 9 nitrogen and oxygen atoms in total. The number of aryl methyl sites for hydroxylation is 3. The van der Waals surface area contributed by atoms with Crippen LogP contribution in [-0.4, -0.2) is 55.1 Å². The van der Waals surface area contributed by atoms with Crippen molar-refractivity contribution < 1.29 is 33.6 Å². The number of aliphatic carboxylic acids is 1. The van der Waals surface area contributed by atoms with Crippen LogP contribution >= 0.6 is 0 Å². The highest BCUT2D eigenvalue weighted by atomic mass is 16.6. The first kappa shape index (κ1) is 32.3. The van der Waals surface area contributed by atoms with Crippen LogP contribution in [0.1, 0.15) is 47.4 Å². The van der Waals surface area contributed by atoms with Gasteiger partial charge in [-0.15, -0.1) is 0 Å². The molecule has 0 bridgehead atoms. The summed E-state index contributed by atoms with van der Waals surface area (Å²) in [5.74, 6) is 0.237. The Bertz CT molecular complexity index is 1490. The quantitative estimate of drug-likeness (QED) is 0.176. The zero-order valence-corrected chi connectivity index (χ0v) is 26.1. The lowest BCUT2D eigenvalue weighted by Gasteiger charge is -2.39. The van der Waals surface area contributed by atoms with Gasteiger partial charge in [0.2, 0.25) is 12.0 Å². The molecule has 9 heteroatoms. The van der Waals surface area contributed by atoms with Gasteiger partial charge < -0.3 is 28.8 Å². The fraction of sp³-hybridized carbons (Fsp3) is 0.343. The predicted octanol–water partition coefficient (Wildman–Crippen LogP) is 5.97. The molecule has 0 aliphatic heterocycles. The molecule has 44 heavy (non-hydrogen) atoms. The second-order valence-electron chi connectivity index (χ2n) is 10.3. The lowest BCUT2D eigenvalue weighted by Crippen LogP contribution is -2.51. The van der Waals surface area contributed by atoms with Crippen LogP contribution in [0.3, 0.4) is 0 Å². The van der Waals surface area contributed by atoms with Gasteiger partial charge in [0.15, 0.2) is 17.1 Å². The van der Waals surface area contributed by atoms with Crippen LogP contribution in [0.25, 0.3) is 0 Å². The number of hydrogen-bond donors (Lipinski definition) is 1. The predicted molar refractivity (Wildman–Crippen MR) is 167 cm³/mol. The summed E-state index contributed by atoms with van der Waals surface area (Å²) < 4.78 is 29.2. The summed E-state index contributed by atoms with van der Waals surface area (Å²) in [5.41, 5.74) is 3.37. The van der Waals surface area contributed by atoms with Gasteiger partial charge in [-0.1, -0.05) is 68.4 Å². The number of hydrogen-bond acceptors (Lipinski definition) is 8. The number of aromatic nitrogens is 2. The van der Waals surface area contributed by atoms with Gasteiger partial charge >= 0.3 is 12.0 Å². The third-order valence-corrected chi connectivity index (χ3v) is 7.59. The third-order valence-electron chi connectivity index (χ3n) is 7.59. The van der Waals surface area contributed by atoms with Crippen molar-refractivity contribution in [1.29, 1.82) is 0 Å². The van der Waals surface area contributed by atoms with Crippen molar-refractivity contribution in [2.75, 3.05) is 27.9 Å². The van der Waals surface area contributed by atoms with Gasteiger partial charge in [0.25, 0.3) is 0 Å². The van der Waals surface area contributed by atoms with Gasteiger partial charge in [-0.2, -0.15) is 4.98 Å². The highest BCUT2D eigenvalue weighted by Gasteiger charge is 2.50. The van der Waals surface area contributed by atoms with Gasteiger partial charge in [-0.3, -0.25) is 0 Å². The number of carbonyl (C=O) groups is 1. The lowest BCUT2D eigenvalue weighted by molar-refractivity contribution is -0.164. The van der Waals surface area contributed by atoms with E-state index < -0.39 is 17.7 Å². The molecule has 1 unspecified atom stereocenters. The standard InChI is InChI=1S/C35H40N2O7/c1-7-24-9-14-27(15-10-24)35(28-16-11-25(8-2)12-17-28,43-20-19-26-13-18-29(40-4)30(22-26)41-5)32(33(38)39)44-34-36-23(3)21-31(37-34)42-6/h9-18,21-22,32H,7-8,19-20H2,1-6H3,(H,38,39). The first-order valence-corrected chi connectivity index (χ1v) is 14.6. The Morgan fingerprint density at radius 1 is 0.773 bits per heavy atom. The third kappa shape index (κ3) is 7.11.